The number of fused-ring (bicyclic) bond motifs is 1. The largest absolute Gasteiger partial charge is 0.506 e. The maximum Gasteiger partial charge on any atom is 0.258 e. The third-order valence-corrected chi connectivity index (χ3v) is 5.25. The Balaban J connectivity index is 1.45. The monoisotopic (exact) mass is 393 g/mol. The van der Waals surface area contributed by atoms with E-state index in [9.17, 15) is 14.7 Å². The lowest BCUT2D eigenvalue weighted by Crippen LogP contribution is -2.36. The summed E-state index contributed by atoms with van der Waals surface area (Å²) in [6.45, 7) is 4.30. The minimum Gasteiger partial charge on any atom is -0.506 e. The molecule has 150 valence electrons. The zero-order valence-corrected chi connectivity index (χ0v) is 16.1. The fraction of sp³-hybridized carbons (Fsp3) is 0.318. The number of benzene rings is 2. The fourth-order valence-corrected chi connectivity index (χ4v) is 3.61. The molecule has 0 radical (unpaired) electrons. The van der Waals surface area contributed by atoms with E-state index in [2.05, 4.69) is 14.9 Å². The summed E-state index contributed by atoms with van der Waals surface area (Å²) >= 11 is 0. The number of carbonyl (C=O) groups is 1. The first-order valence-corrected chi connectivity index (χ1v) is 9.76. The van der Waals surface area contributed by atoms with Gasteiger partial charge in [-0.3, -0.25) is 14.5 Å². The van der Waals surface area contributed by atoms with Gasteiger partial charge in [-0.05, 0) is 36.2 Å². The molecule has 29 heavy (non-hydrogen) atoms. The highest BCUT2D eigenvalue weighted by atomic mass is 16.5. The highest BCUT2D eigenvalue weighted by Crippen LogP contribution is 2.29. The van der Waals surface area contributed by atoms with Crippen LogP contribution < -0.4 is 5.56 Å². The molecule has 0 atom stereocenters. The number of morpholine rings is 1. The third kappa shape index (κ3) is 4.36. The predicted octanol–water partition coefficient (Wildman–Crippen LogP) is 2.59. The van der Waals surface area contributed by atoms with Crippen molar-refractivity contribution >= 4 is 16.7 Å². The van der Waals surface area contributed by atoms with Crippen LogP contribution in [0.2, 0.25) is 0 Å². The number of ether oxygens (including phenoxy) is 1. The normalized spacial score (nSPS) is 14.9. The summed E-state index contributed by atoms with van der Waals surface area (Å²) in [7, 11) is 0. The highest BCUT2D eigenvalue weighted by Gasteiger charge is 2.13. The van der Waals surface area contributed by atoms with Crippen LogP contribution in [0.4, 0.5) is 0 Å². The first kappa shape index (κ1) is 19.3. The van der Waals surface area contributed by atoms with Crippen LogP contribution in [-0.2, 0) is 4.74 Å². The summed E-state index contributed by atoms with van der Waals surface area (Å²) in [5.41, 5.74) is 2.14. The van der Waals surface area contributed by atoms with Crippen LogP contribution in [0.1, 0.15) is 23.2 Å². The number of ketones is 1. The predicted molar refractivity (Wildman–Crippen MR) is 110 cm³/mol. The van der Waals surface area contributed by atoms with Crippen molar-refractivity contribution in [2.45, 2.75) is 12.8 Å². The average Bonchev–Trinajstić information content (AvgIpc) is 2.75. The lowest BCUT2D eigenvalue weighted by Gasteiger charge is -2.26. The second-order valence-corrected chi connectivity index (χ2v) is 7.18. The highest BCUT2D eigenvalue weighted by molar-refractivity contribution is 5.96. The number of H-pyrrole nitrogens is 1. The SMILES string of the molecule is O=C(CCCN1CCOCC1)c1ccc(-c2cc(O)c3nc[nH]c(=O)c3c2)cc1. The molecule has 0 bridgehead atoms. The Bertz CT molecular complexity index is 1070. The molecule has 0 spiro atoms. The minimum atomic E-state index is -0.306. The Kier molecular flexibility index (Phi) is 5.69. The van der Waals surface area contributed by atoms with E-state index < -0.39 is 0 Å². The van der Waals surface area contributed by atoms with Gasteiger partial charge < -0.3 is 14.8 Å². The summed E-state index contributed by atoms with van der Waals surface area (Å²) in [6.07, 6.45) is 2.60. The Morgan fingerprint density at radius 2 is 1.90 bits per heavy atom. The van der Waals surface area contributed by atoms with Crippen LogP contribution in [0.15, 0.2) is 47.5 Å². The lowest BCUT2D eigenvalue weighted by atomic mass is 9.99. The first-order valence-electron chi connectivity index (χ1n) is 9.76. The van der Waals surface area contributed by atoms with Crippen LogP contribution in [0.5, 0.6) is 5.75 Å². The maximum absolute atomic E-state index is 12.5. The van der Waals surface area contributed by atoms with E-state index in [0.29, 0.717) is 22.9 Å². The van der Waals surface area contributed by atoms with Crippen molar-refractivity contribution in [1.29, 1.82) is 0 Å². The first-order chi connectivity index (χ1) is 14.1. The number of carbonyl (C=O) groups excluding carboxylic acids is 1. The Morgan fingerprint density at radius 1 is 1.14 bits per heavy atom. The molecular formula is C22H23N3O4. The van der Waals surface area contributed by atoms with Gasteiger partial charge in [0.05, 0.1) is 24.9 Å². The third-order valence-electron chi connectivity index (χ3n) is 5.25. The maximum atomic E-state index is 12.5. The number of hydrogen-bond acceptors (Lipinski definition) is 6. The van der Waals surface area contributed by atoms with Gasteiger partial charge >= 0.3 is 0 Å². The van der Waals surface area contributed by atoms with Gasteiger partial charge in [0, 0.05) is 25.1 Å². The van der Waals surface area contributed by atoms with E-state index >= 15 is 0 Å². The molecule has 2 aromatic carbocycles. The van der Waals surface area contributed by atoms with Gasteiger partial charge in [0.25, 0.3) is 5.56 Å². The molecule has 1 aliphatic rings. The molecule has 1 saturated heterocycles. The quantitative estimate of drug-likeness (QED) is 0.625. The number of phenols is 1. The standard InChI is InChI=1S/C22H23N3O4/c26-19(2-1-7-25-8-10-29-11-9-25)16-5-3-15(4-6-16)17-12-18-21(20(27)13-17)23-14-24-22(18)28/h3-6,12-14,27H,1-2,7-11H2,(H,23,24,28). The molecule has 0 unspecified atom stereocenters. The van der Waals surface area contributed by atoms with Crippen molar-refractivity contribution < 1.29 is 14.6 Å². The van der Waals surface area contributed by atoms with E-state index in [1.54, 1.807) is 24.3 Å². The molecule has 0 aliphatic carbocycles. The van der Waals surface area contributed by atoms with Crippen LogP contribution in [0, 0.1) is 0 Å². The number of nitrogens with zero attached hydrogens (tertiary/aromatic N) is 2. The Hall–Kier alpha value is -3.03. The second kappa shape index (κ2) is 8.55. The van der Waals surface area contributed by atoms with Crippen LogP contribution >= 0.6 is 0 Å². The van der Waals surface area contributed by atoms with E-state index in [-0.39, 0.29) is 22.6 Å². The summed E-state index contributed by atoms with van der Waals surface area (Å²) in [5.74, 6) is 0.0682. The smallest absolute Gasteiger partial charge is 0.258 e. The van der Waals surface area contributed by atoms with Gasteiger partial charge in [-0.15, -0.1) is 0 Å². The molecule has 1 aromatic heterocycles. The zero-order valence-electron chi connectivity index (χ0n) is 16.1. The molecular weight excluding hydrogens is 370 g/mol. The number of phenolic OH excluding ortho intramolecular Hbond substituents is 1. The summed E-state index contributed by atoms with van der Waals surface area (Å²) in [6, 6.07) is 10.5. The molecule has 2 N–H and O–H groups in total. The molecule has 0 saturated carbocycles. The minimum absolute atomic E-state index is 0.0492. The van der Waals surface area contributed by atoms with Crippen LogP contribution in [0.3, 0.4) is 0 Å². The molecule has 0 amide bonds. The lowest BCUT2D eigenvalue weighted by molar-refractivity contribution is 0.0371. The van der Waals surface area contributed by atoms with Gasteiger partial charge in [-0.1, -0.05) is 24.3 Å². The van der Waals surface area contributed by atoms with Crippen molar-refractivity contribution in [2.24, 2.45) is 0 Å². The number of hydrogen-bond donors (Lipinski definition) is 2. The number of aromatic hydroxyl groups is 1. The summed E-state index contributed by atoms with van der Waals surface area (Å²) in [4.78, 5) is 33.3. The number of nitrogens with one attached hydrogen (secondary N) is 1. The van der Waals surface area contributed by atoms with Gasteiger partial charge in [0.2, 0.25) is 0 Å². The summed E-state index contributed by atoms with van der Waals surface area (Å²) < 4.78 is 5.33. The molecule has 7 heteroatoms. The molecule has 4 rings (SSSR count). The number of aromatic nitrogens is 2. The molecule has 1 aliphatic heterocycles. The molecule has 3 aromatic rings. The van der Waals surface area contributed by atoms with Crippen molar-refractivity contribution in [3.8, 4) is 16.9 Å². The van der Waals surface area contributed by atoms with Crippen molar-refractivity contribution in [1.82, 2.24) is 14.9 Å². The van der Waals surface area contributed by atoms with Gasteiger partial charge in [-0.25, -0.2) is 4.98 Å². The molecule has 7 nitrogen and oxygen atoms in total. The van der Waals surface area contributed by atoms with Crippen molar-refractivity contribution in [2.75, 3.05) is 32.8 Å². The van der Waals surface area contributed by atoms with Gasteiger partial charge in [0.15, 0.2) is 5.78 Å². The second-order valence-electron chi connectivity index (χ2n) is 7.18. The average molecular weight is 393 g/mol. The van der Waals surface area contributed by atoms with Gasteiger partial charge in [0.1, 0.15) is 11.3 Å². The Morgan fingerprint density at radius 3 is 2.66 bits per heavy atom. The van der Waals surface area contributed by atoms with Crippen molar-refractivity contribution in [3.63, 3.8) is 0 Å². The van der Waals surface area contributed by atoms with E-state index in [1.165, 1.54) is 6.33 Å². The number of rotatable bonds is 6. The zero-order chi connectivity index (χ0) is 20.2. The van der Waals surface area contributed by atoms with E-state index in [1.807, 2.05) is 12.1 Å². The molecule has 1 fully saturated rings. The number of Topliss-reactive ketones (excluding diaryl/α,β-unsaturated/α-hetero) is 1. The fourth-order valence-electron chi connectivity index (χ4n) is 3.61. The van der Waals surface area contributed by atoms with Gasteiger partial charge in [-0.2, -0.15) is 0 Å². The van der Waals surface area contributed by atoms with Crippen LogP contribution in [0.25, 0.3) is 22.0 Å². The topological polar surface area (TPSA) is 95.5 Å². The summed E-state index contributed by atoms with van der Waals surface area (Å²) in [5, 5.41) is 10.5. The number of aromatic amines is 1. The molecule has 2 heterocycles. The van der Waals surface area contributed by atoms with Crippen LogP contribution in [-0.4, -0.2) is 58.6 Å². The van der Waals surface area contributed by atoms with E-state index in [0.717, 1.165) is 44.8 Å². The Labute approximate surface area is 168 Å². The van der Waals surface area contributed by atoms with E-state index in [4.69, 9.17) is 4.74 Å². The van der Waals surface area contributed by atoms with Crippen molar-refractivity contribution in [3.05, 3.63) is 58.6 Å².